The average molecular weight is 310 g/mol. The Balaban J connectivity index is 3.47. The first kappa shape index (κ1) is 13.5. The molecule has 0 bridgehead atoms. The number of halogens is 4. The van der Waals surface area contributed by atoms with Gasteiger partial charge in [0.2, 0.25) is 0 Å². The molecule has 0 saturated heterocycles. The van der Waals surface area contributed by atoms with Gasteiger partial charge in [-0.15, -0.1) is 0 Å². The third-order valence-corrected chi connectivity index (χ3v) is 3.26. The summed E-state index contributed by atoms with van der Waals surface area (Å²) in [5.74, 6) is 0. The zero-order valence-electron chi connectivity index (χ0n) is 7.75. The van der Waals surface area contributed by atoms with Crippen LogP contribution in [-0.4, -0.2) is 22.8 Å². The van der Waals surface area contributed by atoms with E-state index in [-0.39, 0.29) is 18.6 Å². The molecule has 0 spiro atoms. The van der Waals surface area contributed by atoms with Crippen LogP contribution in [0.2, 0.25) is 0 Å². The van der Waals surface area contributed by atoms with Crippen LogP contribution >= 0.6 is 22.6 Å². The smallest absolute Gasteiger partial charge is 0.375 e. The molecule has 0 heterocycles. The van der Waals surface area contributed by atoms with Crippen molar-refractivity contribution in [2.24, 2.45) is 0 Å². The number of hydrogen-bond acceptors (Lipinski definition) is 1. The first-order chi connectivity index (χ1) is 5.77. The summed E-state index contributed by atoms with van der Waals surface area (Å²) in [5.41, 5.74) is -0.313. The van der Waals surface area contributed by atoms with Gasteiger partial charge in [0.15, 0.2) is 0 Å². The van der Waals surface area contributed by atoms with Crippen molar-refractivity contribution >= 4 is 22.6 Å². The summed E-state index contributed by atoms with van der Waals surface area (Å²) in [6, 6.07) is 0. The molecule has 0 saturated carbocycles. The largest absolute Gasteiger partial charge is 0.389 e. The van der Waals surface area contributed by atoms with Crippen LogP contribution in [0.15, 0.2) is 0 Å². The number of rotatable bonds is 5. The summed E-state index contributed by atoms with van der Waals surface area (Å²) >= 11 is 2.15. The van der Waals surface area contributed by atoms with Crippen molar-refractivity contribution in [3.8, 4) is 0 Å². The number of hydrogen-bond donors (Lipinski definition) is 0. The summed E-state index contributed by atoms with van der Waals surface area (Å²) in [4.78, 5) is 0. The van der Waals surface area contributed by atoms with Gasteiger partial charge in [-0.1, -0.05) is 22.6 Å². The molecule has 0 fully saturated rings. The Morgan fingerprint density at radius 2 is 1.77 bits per heavy atom. The highest BCUT2D eigenvalue weighted by Gasteiger charge is 2.26. The van der Waals surface area contributed by atoms with Crippen LogP contribution in [0.3, 0.4) is 0 Å². The molecule has 0 aliphatic heterocycles. The molecule has 0 rings (SSSR count). The minimum Gasteiger partial charge on any atom is -0.375 e. The van der Waals surface area contributed by atoms with Crippen LogP contribution in [0, 0.1) is 0 Å². The maximum absolute atomic E-state index is 11.7. The normalized spacial score (nSPS) is 13.4. The third kappa shape index (κ3) is 8.80. The predicted molar refractivity (Wildman–Crippen MR) is 54.2 cm³/mol. The molecule has 0 N–H and O–H groups in total. The lowest BCUT2D eigenvalue weighted by molar-refractivity contribution is -0.140. The minimum absolute atomic E-state index is 0.0452. The van der Waals surface area contributed by atoms with E-state index in [1.165, 1.54) is 0 Å². The summed E-state index contributed by atoms with van der Waals surface area (Å²) in [6.07, 6.45) is -4.77. The van der Waals surface area contributed by atoms with Crippen molar-refractivity contribution in [3.05, 3.63) is 0 Å². The topological polar surface area (TPSA) is 9.23 Å². The zero-order chi connectivity index (χ0) is 10.5. The standard InChI is InChI=1S/C8H14F3IO/c1-7(2,6-12)13-5-3-4-8(9,10)11/h3-6H2,1-2H3. The highest BCUT2D eigenvalue weighted by atomic mass is 127. The number of alkyl halides is 4. The van der Waals surface area contributed by atoms with E-state index < -0.39 is 12.6 Å². The predicted octanol–water partition coefficient (Wildman–Crippen LogP) is 3.56. The Morgan fingerprint density at radius 3 is 2.15 bits per heavy atom. The molecule has 0 aromatic carbocycles. The maximum atomic E-state index is 11.7. The molecule has 0 aromatic rings. The molecular weight excluding hydrogens is 296 g/mol. The van der Waals surface area contributed by atoms with Crippen LogP contribution in [-0.2, 0) is 4.74 Å². The Hall–Kier alpha value is 0.480. The molecule has 0 amide bonds. The van der Waals surface area contributed by atoms with E-state index in [2.05, 4.69) is 22.6 Å². The lowest BCUT2D eigenvalue weighted by Crippen LogP contribution is -2.27. The van der Waals surface area contributed by atoms with Crippen LogP contribution in [0.1, 0.15) is 26.7 Å². The summed E-state index contributed by atoms with van der Waals surface area (Å²) in [6.45, 7) is 3.91. The monoisotopic (exact) mass is 310 g/mol. The van der Waals surface area contributed by atoms with Crippen LogP contribution in [0.25, 0.3) is 0 Å². The Morgan fingerprint density at radius 1 is 1.23 bits per heavy atom. The molecular formula is C8H14F3IO. The fourth-order valence-corrected chi connectivity index (χ4v) is 0.880. The summed E-state index contributed by atoms with van der Waals surface area (Å²) in [5, 5.41) is 0. The minimum atomic E-state index is -4.06. The lowest BCUT2D eigenvalue weighted by atomic mass is 10.2. The van der Waals surface area contributed by atoms with Gasteiger partial charge in [-0.05, 0) is 20.3 Å². The van der Waals surface area contributed by atoms with Gasteiger partial charge in [0, 0.05) is 17.5 Å². The van der Waals surface area contributed by atoms with E-state index in [0.29, 0.717) is 0 Å². The van der Waals surface area contributed by atoms with Gasteiger partial charge in [-0.25, -0.2) is 0 Å². The highest BCUT2D eigenvalue weighted by molar-refractivity contribution is 14.1. The van der Waals surface area contributed by atoms with E-state index in [0.717, 1.165) is 4.43 Å². The lowest BCUT2D eigenvalue weighted by Gasteiger charge is -2.22. The van der Waals surface area contributed by atoms with Crippen molar-refractivity contribution in [1.29, 1.82) is 0 Å². The second kappa shape index (κ2) is 5.38. The quantitative estimate of drug-likeness (QED) is 0.429. The van der Waals surface area contributed by atoms with Gasteiger partial charge in [-0.3, -0.25) is 0 Å². The van der Waals surface area contributed by atoms with Gasteiger partial charge in [-0.2, -0.15) is 13.2 Å². The Bertz CT molecular complexity index is 145. The zero-order valence-corrected chi connectivity index (χ0v) is 9.91. The SMILES string of the molecule is CC(C)(CI)OCCCC(F)(F)F. The molecule has 0 radical (unpaired) electrons. The van der Waals surface area contributed by atoms with Crippen molar-refractivity contribution in [2.75, 3.05) is 11.0 Å². The van der Waals surface area contributed by atoms with Gasteiger partial charge < -0.3 is 4.74 Å². The van der Waals surface area contributed by atoms with Gasteiger partial charge in [0.05, 0.1) is 5.60 Å². The van der Waals surface area contributed by atoms with Gasteiger partial charge >= 0.3 is 6.18 Å². The van der Waals surface area contributed by atoms with Crippen LogP contribution < -0.4 is 0 Å². The van der Waals surface area contributed by atoms with Gasteiger partial charge in [0.1, 0.15) is 0 Å². The first-order valence-electron chi connectivity index (χ1n) is 4.03. The van der Waals surface area contributed by atoms with Crippen LogP contribution in [0.5, 0.6) is 0 Å². The first-order valence-corrected chi connectivity index (χ1v) is 5.56. The molecule has 80 valence electrons. The van der Waals surface area contributed by atoms with Crippen LogP contribution in [0.4, 0.5) is 13.2 Å². The average Bonchev–Trinajstić information content (AvgIpc) is 1.97. The van der Waals surface area contributed by atoms with Gasteiger partial charge in [0.25, 0.3) is 0 Å². The van der Waals surface area contributed by atoms with E-state index in [9.17, 15) is 13.2 Å². The molecule has 0 aliphatic carbocycles. The molecule has 0 atom stereocenters. The van der Waals surface area contributed by atoms with Crippen molar-refractivity contribution in [3.63, 3.8) is 0 Å². The Kier molecular flexibility index (Phi) is 5.58. The van der Waals surface area contributed by atoms with Crippen molar-refractivity contribution in [2.45, 2.75) is 38.5 Å². The fraction of sp³-hybridized carbons (Fsp3) is 1.00. The second-order valence-corrected chi connectivity index (χ2v) is 4.22. The fourth-order valence-electron chi connectivity index (χ4n) is 0.660. The molecule has 0 aliphatic rings. The van der Waals surface area contributed by atoms with E-state index in [4.69, 9.17) is 4.74 Å². The molecule has 0 aromatic heterocycles. The molecule has 1 nitrogen and oxygen atoms in total. The number of ether oxygens (including phenoxy) is 1. The van der Waals surface area contributed by atoms with E-state index in [1.54, 1.807) is 0 Å². The van der Waals surface area contributed by atoms with Crippen molar-refractivity contribution < 1.29 is 17.9 Å². The molecule has 13 heavy (non-hydrogen) atoms. The summed E-state index contributed by atoms with van der Waals surface area (Å²) in [7, 11) is 0. The highest BCUT2D eigenvalue weighted by Crippen LogP contribution is 2.22. The van der Waals surface area contributed by atoms with Crippen molar-refractivity contribution in [1.82, 2.24) is 0 Å². The summed E-state index contributed by atoms with van der Waals surface area (Å²) < 4.78 is 41.1. The molecule has 5 heteroatoms. The third-order valence-electron chi connectivity index (χ3n) is 1.42. The molecule has 0 unspecified atom stereocenters. The van der Waals surface area contributed by atoms with E-state index in [1.807, 2.05) is 13.8 Å². The Labute approximate surface area is 90.2 Å². The second-order valence-electron chi connectivity index (χ2n) is 3.46. The maximum Gasteiger partial charge on any atom is 0.389 e. The van der Waals surface area contributed by atoms with E-state index >= 15 is 0 Å².